The number of anilines is 1. The molecule has 1 N–H and O–H groups in total. The van der Waals surface area contributed by atoms with Gasteiger partial charge in [-0.2, -0.15) is 5.10 Å². The Balaban J connectivity index is 1.18. The number of aryl methyl sites for hydroxylation is 2. The lowest BCUT2D eigenvalue weighted by atomic mass is 10.1. The highest BCUT2D eigenvalue weighted by atomic mass is 16.2. The van der Waals surface area contributed by atoms with Crippen LogP contribution in [-0.4, -0.2) is 79.1 Å². The molecule has 1 aliphatic heterocycles. The molecule has 5 aromatic rings. The van der Waals surface area contributed by atoms with E-state index in [1.807, 2.05) is 52.5 Å². The lowest BCUT2D eigenvalue weighted by molar-refractivity contribution is 0.0909. The average molecular weight is 579 g/mol. The standard InChI is InChI=1S/C34H42N8O/c1-5-9-27-23-40(19-18-39(27)4)16-14-25-15-17-41-31(21-35-32(41)20-25)34(43)37-29-12-8-13-30-33(29)28(6-2)38-42(30)22-26-11-7-10-24(3)36-26/h7-8,10-13,15,17,20-21,27H,5-6,9,14,16,18-19,22-23H2,1-4H3,(H,37,43). The molecule has 9 nitrogen and oxygen atoms in total. The minimum absolute atomic E-state index is 0.192. The number of carbonyl (C=O) groups excluding carboxylic acids is 1. The number of imidazole rings is 1. The van der Waals surface area contributed by atoms with Crippen LogP contribution in [0.1, 0.15) is 59.8 Å². The van der Waals surface area contributed by atoms with E-state index in [0.717, 1.165) is 78.3 Å². The minimum Gasteiger partial charge on any atom is -0.320 e. The summed E-state index contributed by atoms with van der Waals surface area (Å²) in [5, 5.41) is 9.02. The second kappa shape index (κ2) is 12.7. The maximum absolute atomic E-state index is 13.6. The van der Waals surface area contributed by atoms with Crippen LogP contribution in [-0.2, 0) is 19.4 Å². The largest absolute Gasteiger partial charge is 0.320 e. The zero-order chi connectivity index (χ0) is 29.9. The molecule has 1 aliphatic rings. The number of carbonyl (C=O) groups is 1. The summed E-state index contributed by atoms with van der Waals surface area (Å²) in [5.74, 6) is -0.192. The Labute approximate surface area is 253 Å². The second-order valence-electron chi connectivity index (χ2n) is 11.8. The van der Waals surface area contributed by atoms with Gasteiger partial charge < -0.3 is 15.1 Å². The highest BCUT2D eigenvalue weighted by molar-refractivity contribution is 6.08. The normalized spacial score (nSPS) is 16.3. The quantitative estimate of drug-likeness (QED) is 0.245. The maximum Gasteiger partial charge on any atom is 0.274 e. The van der Waals surface area contributed by atoms with E-state index in [2.05, 4.69) is 64.2 Å². The van der Waals surface area contributed by atoms with Crippen molar-refractivity contribution in [1.82, 2.24) is 33.9 Å². The first-order chi connectivity index (χ1) is 20.9. The number of benzene rings is 1. The van der Waals surface area contributed by atoms with Gasteiger partial charge in [0.25, 0.3) is 5.91 Å². The third-order valence-corrected chi connectivity index (χ3v) is 8.70. The van der Waals surface area contributed by atoms with Crippen LogP contribution < -0.4 is 5.32 Å². The number of likely N-dealkylation sites (N-methyl/N-ethyl adjacent to an activating group) is 1. The van der Waals surface area contributed by atoms with E-state index < -0.39 is 0 Å². The van der Waals surface area contributed by atoms with Gasteiger partial charge in [0.15, 0.2) is 0 Å². The molecule has 0 saturated carbocycles. The Kier molecular flexibility index (Phi) is 8.54. The fraction of sp³-hybridized carbons (Fsp3) is 0.412. The number of hydrogen-bond acceptors (Lipinski definition) is 6. The van der Waals surface area contributed by atoms with Gasteiger partial charge in [-0.15, -0.1) is 0 Å². The van der Waals surface area contributed by atoms with Crippen molar-refractivity contribution in [2.45, 2.75) is 59.0 Å². The van der Waals surface area contributed by atoms with Crippen molar-refractivity contribution in [3.63, 3.8) is 0 Å². The van der Waals surface area contributed by atoms with Gasteiger partial charge in [-0.3, -0.25) is 18.9 Å². The molecule has 1 saturated heterocycles. The first kappa shape index (κ1) is 29.0. The van der Waals surface area contributed by atoms with Crippen LogP contribution >= 0.6 is 0 Å². The summed E-state index contributed by atoms with van der Waals surface area (Å²) in [7, 11) is 2.25. The van der Waals surface area contributed by atoms with Crippen LogP contribution in [0.2, 0.25) is 0 Å². The van der Waals surface area contributed by atoms with Crippen LogP contribution in [0.25, 0.3) is 16.6 Å². The second-order valence-corrected chi connectivity index (χ2v) is 11.8. The highest BCUT2D eigenvalue weighted by Gasteiger charge is 2.23. The number of fused-ring (bicyclic) bond motifs is 2. The molecule has 43 heavy (non-hydrogen) atoms. The molecule has 5 heterocycles. The predicted octanol–water partition coefficient (Wildman–Crippen LogP) is 5.21. The van der Waals surface area contributed by atoms with Gasteiger partial charge in [-0.25, -0.2) is 4.98 Å². The zero-order valence-electron chi connectivity index (χ0n) is 25.8. The highest BCUT2D eigenvalue weighted by Crippen LogP contribution is 2.29. The summed E-state index contributed by atoms with van der Waals surface area (Å²) in [4.78, 5) is 27.9. The topological polar surface area (TPSA) is 83.6 Å². The van der Waals surface area contributed by atoms with Crippen LogP contribution in [0.4, 0.5) is 5.69 Å². The molecule has 9 heteroatoms. The Morgan fingerprint density at radius 2 is 1.95 bits per heavy atom. The van der Waals surface area contributed by atoms with Crippen molar-refractivity contribution in [2.24, 2.45) is 0 Å². The summed E-state index contributed by atoms with van der Waals surface area (Å²) in [6.07, 6.45) is 7.83. The minimum atomic E-state index is -0.192. The molecule has 1 fully saturated rings. The molecule has 4 aromatic heterocycles. The molecule has 0 spiro atoms. The van der Waals surface area contributed by atoms with Gasteiger partial charge in [-0.05, 0) is 75.2 Å². The number of amides is 1. The monoisotopic (exact) mass is 578 g/mol. The first-order valence-electron chi connectivity index (χ1n) is 15.5. The molecule has 1 unspecified atom stereocenters. The lowest BCUT2D eigenvalue weighted by Gasteiger charge is -2.39. The van der Waals surface area contributed by atoms with Crippen LogP contribution in [0.15, 0.2) is 60.9 Å². The van der Waals surface area contributed by atoms with Gasteiger partial charge in [-0.1, -0.05) is 32.4 Å². The molecule has 1 aromatic carbocycles. The lowest BCUT2D eigenvalue weighted by Crippen LogP contribution is -2.51. The van der Waals surface area contributed by atoms with E-state index in [1.165, 1.54) is 18.4 Å². The molecule has 6 rings (SSSR count). The van der Waals surface area contributed by atoms with Crippen LogP contribution in [0.3, 0.4) is 0 Å². The third kappa shape index (κ3) is 6.19. The first-order valence-corrected chi connectivity index (χ1v) is 15.5. The van der Waals surface area contributed by atoms with E-state index in [9.17, 15) is 4.79 Å². The average Bonchev–Trinajstić information content (AvgIpc) is 3.59. The van der Waals surface area contributed by atoms with E-state index in [0.29, 0.717) is 18.3 Å². The molecule has 1 amide bonds. The molecular formula is C34H42N8O. The SMILES string of the molecule is CCCC1CN(CCc2ccn3c(C(=O)Nc4cccc5c4c(CC)nn5Cc4cccc(C)n4)cnc3c2)CCN1C. The number of piperazine rings is 1. The van der Waals surface area contributed by atoms with E-state index >= 15 is 0 Å². The van der Waals surface area contributed by atoms with Crippen molar-refractivity contribution in [3.05, 3.63) is 89.3 Å². The van der Waals surface area contributed by atoms with Gasteiger partial charge in [0.05, 0.1) is 35.3 Å². The zero-order valence-corrected chi connectivity index (χ0v) is 25.8. The maximum atomic E-state index is 13.6. The Morgan fingerprint density at radius 1 is 1.09 bits per heavy atom. The molecule has 0 radical (unpaired) electrons. The number of aromatic nitrogens is 5. The van der Waals surface area contributed by atoms with Crippen molar-refractivity contribution in [3.8, 4) is 0 Å². The number of nitrogens with one attached hydrogen (secondary N) is 1. The Bertz CT molecular complexity index is 1740. The Hall–Kier alpha value is -4.08. The van der Waals surface area contributed by atoms with Gasteiger partial charge in [0, 0.05) is 49.5 Å². The van der Waals surface area contributed by atoms with Gasteiger partial charge in [0.2, 0.25) is 0 Å². The smallest absolute Gasteiger partial charge is 0.274 e. The van der Waals surface area contributed by atoms with Crippen molar-refractivity contribution < 1.29 is 4.79 Å². The summed E-state index contributed by atoms with van der Waals surface area (Å²) in [5.41, 5.74) is 7.14. The van der Waals surface area contributed by atoms with E-state index in [-0.39, 0.29) is 5.91 Å². The fourth-order valence-electron chi connectivity index (χ4n) is 6.30. The molecule has 0 bridgehead atoms. The van der Waals surface area contributed by atoms with Crippen molar-refractivity contribution >= 4 is 28.1 Å². The molecule has 1 atom stereocenters. The number of nitrogens with zero attached hydrogens (tertiary/aromatic N) is 7. The van der Waals surface area contributed by atoms with Crippen molar-refractivity contribution in [1.29, 1.82) is 0 Å². The molecule has 224 valence electrons. The predicted molar refractivity (Wildman–Crippen MR) is 172 cm³/mol. The Morgan fingerprint density at radius 3 is 2.77 bits per heavy atom. The van der Waals surface area contributed by atoms with Gasteiger partial charge in [0.1, 0.15) is 11.3 Å². The number of rotatable bonds is 10. The number of hydrogen-bond donors (Lipinski definition) is 1. The number of pyridine rings is 2. The summed E-state index contributed by atoms with van der Waals surface area (Å²) in [6.45, 7) is 11.3. The van der Waals surface area contributed by atoms with Crippen molar-refractivity contribution in [2.75, 3.05) is 38.5 Å². The summed E-state index contributed by atoms with van der Waals surface area (Å²) >= 11 is 0. The van der Waals surface area contributed by atoms with Crippen LogP contribution in [0, 0.1) is 6.92 Å². The van der Waals surface area contributed by atoms with E-state index in [1.54, 1.807) is 6.20 Å². The fourth-order valence-corrected chi connectivity index (χ4v) is 6.30. The van der Waals surface area contributed by atoms with Crippen LogP contribution in [0.5, 0.6) is 0 Å². The molecule has 0 aliphatic carbocycles. The van der Waals surface area contributed by atoms with Gasteiger partial charge >= 0.3 is 0 Å². The third-order valence-electron chi connectivity index (χ3n) is 8.70. The summed E-state index contributed by atoms with van der Waals surface area (Å²) < 4.78 is 3.85. The summed E-state index contributed by atoms with van der Waals surface area (Å²) in [6, 6.07) is 16.9. The molecular weight excluding hydrogens is 536 g/mol. The van der Waals surface area contributed by atoms with E-state index in [4.69, 9.17) is 5.10 Å².